The van der Waals surface area contributed by atoms with Gasteiger partial charge in [-0.05, 0) is 42.0 Å². The highest BCUT2D eigenvalue weighted by Gasteiger charge is 2.22. The molecule has 0 radical (unpaired) electrons. The molecule has 0 fully saturated rings. The van der Waals surface area contributed by atoms with Gasteiger partial charge in [0.05, 0.1) is 0 Å². The number of hydrogen-bond donors (Lipinski definition) is 1. The summed E-state index contributed by atoms with van der Waals surface area (Å²) < 4.78 is 5.67. The zero-order valence-electron chi connectivity index (χ0n) is 13.8. The highest BCUT2D eigenvalue weighted by Crippen LogP contribution is 2.31. The molecule has 0 heterocycles. The van der Waals surface area contributed by atoms with E-state index >= 15 is 0 Å². The van der Waals surface area contributed by atoms with Crippen molar-refractivity contribution in [1.82, 2.24) is 0 Å². The van der Waals surface area contributed by atoms with Gasteiger partial charge in [0, 0.05) is 21.2 Å². The minimum atomic E-state index is -1.01. The first-order valence-corrected chi connectivity index (χ1v) is 9.27. The van der Waals surface area contributed by atoms with Gasteiger partial charge in [0.1, 0.15) is 5.75 Å². The van der Waals surface area contributed by atoms with E-state index in [4.69, 9.17) is 16.3 Å². The Hall–Kier alpha value is -2.43. The fraction of sp³-hybridized carbons (Fsp3) is 0.0952. The predicted octanol–water partition coefficient (Wildman–Crippen LogP) is 5.57. The van der Waals surface area contributed by atoms with E-state index in [9.17, 15) is 9.90 Å². The van der Waals surface area contributed by atoms with E-state index in [1.807, 2.05) is 54.6 Å². The Morgan fingerprint density at radius 2 is 1.73 bits per heavy atom. The smallest absolute Gasteiger partial charge is 0.345 e. The molecule has 3 aromatic carbocycles. The summed E-state index contributed by atoms with van der Waals surface area (Å²) in [5.41, 5.74) is 0.927. The summed E-state index contributed by atoms with van der Waals surface area (Å²) in [4.78, 5) is 13.8. The summed E-state index contributed by atoms with van der Waals surface area (Å²) in [6.45, 7) is 0. The third-order valence-corrected chi connectivity index (χ3v) is 5.06. The third-order valence-electron chi connectivity index (χ3n) is 3.70. The quantitative estimate of drug-likeness (QED) is 0.578. The standard InChI is InChI=1S/C21H17ClO3S/c22-16-8-6-9-17(14-16)25-19(21(23)24)13-15-7-4-5-12-20(15)26-18-10-2-1-3-11-18/h1-12,14,19H,13H2,(H,23,24)/t19-/m1/s1. The molecule has 0 spiro atoms. The minimum Gasteiger partial charge on any atom is -0.478 e. The van der Waals surface area contributed by atoms with Crippen LogP contribution in [0.15, 0.2) is 88.7 Å². The number of aliphatic carboxylic acids is 1. The number of carboxylic acids is 1. The number of carbonyl (C=O) groups is 1. The molecule has 0 bridgehead atoms. The van der Waals surface area contributed by atoms with Crippen LogP contribution < -0.4 is 4.74 Å². The molecule has 0 saturated heterocycles. The number of halogens is 1. The normalized spacial score (nSPS) is 11.7. The van der Waals surface area contributed by atoms with Crippen molar-refractivity contribution in [3.8, 4) is 5.75 Å². The van der Waals surface area contributed by atoms with Crippen LogP contribution >= 0.6 is 23.4 Å². The van der Waals surface area contributed by atoms with Gasteiger partial charge in [0.15, 0.2) is 6.10 Å². The highest BCUT2D eigenvalue weighted by molar-refractivity contribution is 7.99. The SMILES string of the molecule is O=C(O)[C@@H](Cc1ccccc1Sc1ccccc1)Oc1cccc(Cl)c1. The first kappa shape index (κ1) is 18.4. The predicted molar refractivity (Wildman–Crippen MR) is 104 cm³/mol. The van der Waals surface area contributed by atoms with E-state index in [-0.39, 0.29) is 6.42 Å². The fourth-order valence-corrected chi connectivity index (χ4v) is 3.63. The molecule has 5 heteroatoms. The average Bonchev–Trinajstić information content (AvgIpc) is 2.63. The molecular formula is C21H17ClO3S. The largest absolute Gasteiger partial charge is 0.478 e. The topological polar surface area (TPSA) is 46.5 Å². The number of ether oxygens (including phenoxy) is 1. The highest BCUT2D eigenvalue weighted by atomic mass is 35.5. The van der Waals surface area contributed by atoms with Crippen molar-refractivity contribution in [2.24, 2.45) is 0 Å². The van der Waals surface area contributed by atoms with Crippen molar-refractivity contribution >= 4 is 29.3 Å². The minimum absolute atomic E-state index is 0.262. The second-order valence-corrected chi connectivity index (χ2v) is 7.18. The Kier molecular flexibility index (Phi) is 6.21. The first-order chi connectivity index (χ1) is 12.6. The third kappa shape index (κ3) is 5.04. The Bertz CT molecular complexity index is 883. The molecule has 0 unspecified atom stereocenters. The van der Waals surface area contributed by atoms with Crippen molar-refractivity contribution in [3.05, 3.63) is 89.4 Å². The maximum Gasteiger partial charge on any atom is 0.345 e. The summed E-state index contributed by atoms with van der Waals surface area (Å²) in [5.74, 6) is -0.567. The molecule has 0 amide bonds. The average molecular weight is 385 g/mol. The van der Waals surface area contributed by atoms with Gasteiger partial charge in [-0.2, -0.15) is 0 Å². The summed E-state index contributed by atoms with van der Waals surface area (Å²) in [6.07, 6.45) is -0.733. The van der Waals surface area contributed by atoms with Crippen LogP contribution in [0.4, 0.5) is 0 Å². The number of benzene rings is 3. The molecule has 26 heavy (non-hydrogen) atoms. The lowest BCUT2D eigenvalue weighted by molar-refractivity contribution is -0.145. The fourth-order valence-electron chi connectivity index (χ4n) is 2.47. The number of rotatable bonds is 7. The van der Waals surface area contributed by atoms with Gasteiger partial charge >= 0.3 is 5.97 Å². The van der Waals surface area contributed by atoms with Crippen LogP contribution in [0.2, 0.25) is 5.02 Å². The lowest BCUT2D eigenvalue weighted by Crippen LogP contribution is -2.29. The van der Waals surface area contributed by atoms with Gasteiger partial charge in [0.25, 0.3) is 0 Å². The van der Waals surface area contributed by atoms with Gasteiger partial charge in [-0.1, -0.05) is 65.8 Å². The Morgan fingerprint density at radius 1 is 1.00 bits per heavy atom. The first-order valence-electron chi connectivity index (χ1n) is 8.07. The maximum absolute atomic E-state index is 11.7. The molecule has 0 saturated carbocycles. The van der Waals surface area contributed by atoms with E-state index in [0.717, 1.165) is 15.4 Å². The van der Waals surface area contributed by atoms with Gasteiger partial charge < -0.3 is 9.84 Å². The van der Waals surface area contributed by atoms with E-state index in [2.05, 4.69) is 0 Å². The molecule has 132 valence electrons. The van der Waals surface area contributed by atoms with Crippen molar-refractivity contribution < 1.29 is 14.6 Å². The monoisotopic (exact) mass is 384 g/mol. The van der Waals surface area contributed by atoms with Gasteiger partial charge in [-0.15, -0.1) is 0 Å². The molecule has 3 aromatic rings. The van der Waals surface area contributed by atoms with Crippen molar-refractivity contribution in [2.45, 2.75) is 22.3 Å². The molecule has 0 aliphatic carbocycles. The van der Waals surface area contributed by atoms with E-state index in [1.54, 1.807) is 36.0 Å². The van der Waals surface area contributed by atoms with E-state index < -0.39 is 12.1 Å². The summed E-state index contributed by atoms with van der Waals surface area (Å²) in [7, 11) is 0. The van der Waals surface area contributed by atoms with E-state index in [0.29, 0.717) is 10.8 Å². The van der Waals surface area contributed by atoms with Crippen molar-refractivity contribution in [2.75, 3.05) is 0 Å². The van der Waals surface area contributed by atoms with Crippen molar-refractivity contribution in [1.29, 1.82) is 0 Å². The lowest BCUT2D eigenvalue weighted by atomic mass is 10.1. The molecule has 0 aromatic heterocycles. The van der Waals surface area contributed by atoms with Crippen LogP contribution in [0.3, 0.4) is 0 Å². The van der Waals surface area contributed by atoms with Crippen LogP contribution in [-0.2, 0) is 11.2 Å². The van der Waals surface area contributed by atoms with Crippen molar-refractivity contribution in [3.63, 3.8) is 0 Å². The van der Waals surface area contributed by atoms with Gasteiger partial charge in [-0.3, -0.25) is 0 Å². The zero-order valence-corrected chi connectivity index (χ0v) is 15.4. The Balaban J connectivity index is 1.80. The zero-order chi connectivity index (χ0) is 18.4. The van der Waals surface area contributed by atoms with Gasteiger partial charge in [-0.25, -0.2) is 4.79 Å². The lowest BCUT2D eigenvalue weighted by Gasteiger charge is -2.17. The van der Waals surface area contributed by atoms with Crippen LogP contribution in [0.5, 0.6) is 5.75 Å². The van der Waals surface area contributed by atoms with Crippen LogP contribution in [0, 0.1) is 0 Å². The summed E-state index contributed by atoms with van der Waals surface area (Å²) in [5, 5.41) is 10.1. The molecule has 1 atom stereocenters. The molecule has 0 aliphatic heterocycles. The Labute approximate surface area is 161 Å². The van der Waals surface area contributed by atoms with Crippen LogP contribution in [0.1, 0.15) is 5.56 Å². The Morgan fingerprint density at radius 3 is 2.46 bits per heavy atom. The van der Waals surface area contributed by atoms with Crippen LogP contribution in [0.25, 0.3) is 0 Å². The molecule has 1 N–H and O–H groups in total. The summed E-state index contributed by atoms with van der Waals surface area (Å²) >= 11 is 7.56. The number of carboxylic acid groups (broad SMARTS) is 1. The summed E-state index contributed by atoms with van der Waals surface area (Å²) in [6, 6.07) is 24.5. The molecule has 0 aliphatic rings. The second-order valence-electron chi connectivity index (χ2n) is 5.63. The van der Waals surface area contributed by atoms with Crippen LogP contribution in [-0.4, -0.2) is 17.2 Å². The maximum atomic E-state index is 11.7. The second kappa shape index (κ2) is 8.79. The molecular weight excluding hydrogens is 368 g/mol. The molecule has 3 rings (SSSR count). The molecule has 3 nitrogen and oxygen atoms in total. The van der Waals surface area contributed by atoms with Gasteiger partial charge in [0.2, 0.25) is 0 Å². The number of hydrogen-bond acceptors (Lipinski definition) is 3. The van der Waals surface area contributed by atoms with E-state index in [1.165, 1.54) is 0 Å².